The van der Waals surface area contributed by atoms with Gasteiger partial charge in [0.2, 0.25) is 0 Å². The second-order valence-corrected chi connectivity index (χ2v) is 7.53. The van der Waals surface area contributed by atoms with Crippen molar-refractivity contribution in [2.45, 2.75) is 82.6 Å². The second kappa shape index (κ2) is 10.4. The fraction of sp³-hybridized carbons (Fsp3) is 0.609. The Morgan fingerprint density at radius 3 is 2.58 bits per heavy atom. The van der Waals surface area contributed by atoms with E-state index in [1.54, 1.807) is 0 Å². The number of benzene rings is 1. The zero-order valence-electron chi connectivity index (χ0n) is 16.4. The van der Waals surface area contributed by atoms with Crippen LogP contribution in [0.15, 0.2) is 24.3 Å². The molecule has 3 nitrogen and oxygen atoms in total. The SMILES string of the molecule is CCCCCCCCC#Cc1ccc([C@H]2CC[C@](N)(C(=O)OC)C2)cc1. The minimum absolute atomic E-state index is 0.294. The van der Waals surface area contributed by atoms with Crippen LogP contribution in [0.3, 0.4) is 0 Å². The van der Waals surface area contributed by atoms with Crippen molar-refractivity contribution < 1.29 is 9.53 Å². The summed E-state index contributed by atoms with van der Waals surface area (Å²) in [4.78, 5) is 11.8. The van der Waals surface area contributed by atoms with Crippen molar-refractivity contribution in [3.63, 3.8) is 0 Å². The molecule has 142 valence electrons. The zero-order chi connectivity index (χ0) is 18.8. The standard InChI is InChI=1S/C23H33NO2/c1-3-4-5-6-7-8-9-10-11-19-12-14-20(15-13-19)21-16-17-23(24,18-21)22(25)26-2/h12-15,21H,3-9,16-18,24H2,1-2H3/t21-,23+/m0/s1. The van der Waals surface area contributed by atoms with Crippen LogP contribution in [0.1, 0.15) is 88.2 Å². The maximum atomic E-state index is 11.8. The van der Waals surface area contributed by atoms with Gasteiger partial charge < -0.3 is 10.5 Å². The summed E-state index contributed by atoms with van der Waals surface area (Å²) in [6, 6.07) is 8.42. The lowest BCUT2D eigenvalue weighted by atomic mass is 9.92. The molecule has 2 N–H and O–H groups in total. The third-order valence-electron chi connectivity index (χ3n) is 5.41. The average Bonchev–Trinajstić information content (AvgIpc) is 3.07. The molecule has 2 rings (SSSR count). The Morgan fingerprint density at radius 1 is 1.19 bits per heavy atom. The van der Waals surface area contributed by atoms with Gasteiger partial charge in [0, 0.05) is 12.0 Å². The zero-order valence-corrected chi connectivity index (χ0v) is 16.4. The molecule has 0 unspecified atom stereocenters. The molecule has 0 aromatic heterocycles. The highest BCUT2D eigenvalue weighted by molar-refractivity contribution is 5.81. The molecular formula is C23H33NO2. The first-order valence-corrected chi connectivity index (χ1v) is 10.0. The van der Waals surface area contributed by atoms with E-state index in [4.69, 9.17) is 10.5 Å². The molecule has 0 heterocycles. The van der Waals surface area contributed by atoms with Crippen LogP contribution in [-0.2, 0) is 9.53 Å². The molecule has 0 spiro atoms. The summed E-state index contributed by atoms with van der Waals surface area (Å²) in [6.45, 7) is 2.25. The van der Waals surface area contributed by atoms with Gasteiger partial charge in [-0.15, -0.1) is 0 Å². The summed E-state index contributed by atoms with van der Waals surface area (Å²) in [6.07, 6.45) is 11.1. The normalized spacial score (nSPS) is 21.9. The molecule has 1 aromatic rings. The van der Waals surface area contributed by atoms with Gasteiger partial charge in [0.15, 0.2) is 0 Å². The number of carbonyl (C=O) groups excluding carboxylic acids is 1. The third kappa shape index (κ3) is 5.88. The van der Waals surface area contributed by atoms with Gasteiger partial charge in [-0.25, -0.2) is 0 Å². The summed E-state index contributed by atoms with van der Waals surface area (Å²) in [7, 11) is 1.41. The van der Waals surface area contributed by atoms with Crippen molar-refractivity contribution in [2.24, 2.45) is 5.73 Å². The van der Waals surface area contributed by atoms with Crippen molar-refractivity contribution in [3.05, 3.63) is 35.4 Å². The van der Waals surface area contributed by atoms with E-state index in [0.29, 0.717) is 18.8 Å². The van der Waals surface area contributed by atoms with E-state index in [9.17, 15) is 4.79 Å². The summed E-state index contributed by atoms with van der Waals surface area (Å²) in [5, 5.41) is 0. The van der Waals surface area contributed by atoms with E-state index >= 15 is 0 Å². The Labute approximate surface area is 158 Å². The highest BCUT2D eigenvalue weighted by Gasteiger charge is 2.43. The van der Waals surface area contributed by atoms with Crippen LogP contribution >= 0.6 is 0 Å². The molecule has 2 atom stereocenters. The molecule has 0 radical (unpaired) electrons. The predicted octanol–water partition coefficient (Wildman–Crippen LogP) is 4.93. The van der Waals surface area contributed by atoms with Gasteiger partial charge in [-0.2, -0.15) is 0 Å². The Kier molecular flexibility index (Phi) is 8.19. The predicted molar refractivity (Wildman–Crippen MR) is 107 cm³/mol. The number of methoxy groups -OCH3 is 1. The lowest BCUT2D eigenvalue weighted by Gasteiger charge is -2.20. The minimum atomic E-state index is -0.824. The van der Waals surface area contributed by atoms with Crippen molar-refractivity contribution >= 4 is 5.97 Å². The Morgan fingerprint density at radius 2 is 1.88 bits per heavy atom. The number of nitrogens with two attached hydrogens (primary N) is 1. The van der Waals surface area contributed by atoms with E-state index in [-0.39, 0.29) is 5.97 Å². The molecular weight excluding hydrogens is 322 g/mol. The lowest BCUT2D eigenvalue weighted by molar-refractivity contribution is -0.146. The smallest absolute Gasteiger partial charge is 0.325 e. The van der Waals surface area contributed by atoms with Gasteiger partial charge in [0.1, 0.15) is 5.54 Å². The molecule has 1 fully saturated rings. The molecule has 0 bridgehead atoms. The van der Waals surface area contributed by atoms with Crippen molar-refractivity contribution in [1.29, 1.82) is 0 Å². The minimum Gasteiger partial charge on any atom is -0.468 e. The summed E-state index contributed by atoms with van der Waals surface area (Å²) < 4.78 is 4.85. The molecule has 1 aliphatic carbocycles. The van der Waals surface area contributed by atoms with Crippen LogP contribution in [0.25, 0.3) is 0 Å². The fourth-order valence-corrected chi connectivity index (χ4v) is 3.75. The van der Waals surface area contributed by atoms with Gasteiger partial charge >= 0.3 is 5.97 Å². The van der Waals surface area contributed by atoms with Crippen LogP contribution in [0.5, 0.6) is 0 Å². The van der Waals surface area contributed by atoms with Gasteiger partial charge in [-0.1, -0.05) is 63.0 Å². The molecule has 1 aliphatic rings. The van der Waals surface area contributed by atoms with Crippen molar-refractivity contribution in [3.8, 4) is 11.8 Å². The van der Waals surface area contributed by atoms with Crippen LogP contribution in [-0.4, -0.2) is 18.6 Å². The Bertz CT molecular complexity index is 626. The Hall–Kier alpha value is -1.79. The first kappa shape index (κ1) is 20.5. The van der Waals surface area contributed by atoms with E-state index < -0.39 is 5.54 Å². The monoisotopic (exact) mass is 355 g/mol. The number of esters is 1. The number of carbonyl (C=O) groups is 1. The van der Waals surface area contributed by atoms with Crippen molar-refractivity contribution in [1.82, 2.24) is 0 Å². The van der Waals surface area contributed by atoms with E-state index in [1.165, 1.54) is 51.2 Å². The number of unbranched alkanes of at least 4 members (excludes halogenated alkanes) is 6. The highest BCUT2D eigenvalue weighted by atomic mass is 16.5. The quantitative estimate of drug-likeness (QED) is 0.409. The first-order chi connectivity index (χ1) is 12.6. The van der Waals surface area contributed by atoms with E-state index in [2.05, 4.69) is 43.0 Å². The van der Waals surface area contributed by atoms with Crippen molar-refractivity contribution in [2.75, 3.05) is 7.11 Å². The maximum absolute atomic E-state index is 11.8. The highest BCUT2D eigenvalue weighted by Crippen LogP contribution is 2.40. The molecule has 0 amide bonds. The molecule has 1 aromatic carbocycles. The molecule has 0 aliphatic heterocycles. The number of hydrogen-bond acceptors (Lipinski definition) is 3. The number of rotatable bonds is 8. The van der Waals surface area contributed by atoms with Gasteiger partial charge in [0.05, 0.1) is 7.11 Å². The fourth-order valence-electron chi connectivity index (χ4n) is 3.75. The number of hydrogen-bond donors (Lipinski definition) is 1. The maximum Gasteiger partial charge on any atom is 0.325 e. The largest absolute Gasteiger partial charge is 0.468 e. The van der Waals surface area contributed by atoms with Crippen LogP contribution in [0, 0.1) is 11.8 Å². The number of ether oxygens (including phenoxy) is 1. The van der Waals surface area contributed by atoms with Gasteiger partial charge in [-0.05, 0) is 49.3 Å². The molecule has 1 saturated carbocycles. The van der Waals surface area contributed by atoms with Crippen LogP contribution < -0.4 is 5.73 Å². The van der Waals surface area contributed by atoms with Crippen LogP contribution in [0.4, 0.5) is 0 Å². The van der Waals surface area contributed by atoms with E-state index in [0.717, 1.165) is 18.4 Å². The van der Waals surface area contributed by atoms with Gasteiger partial charge in [-0.3, -0.25) is 4.79 Å². The molecule has 0 saturated heterocycles. The van der Waals surface area contributed by atoms with E-state index in [1.807, 2.05) is 0 Å². The molecule has 26 heavy (non-hydrogen) atoms. The third-order valence-corrected chi connectivity index (χ3v) is 5.41. The summed E-state index contributed by atoms with van der Waals surface area (Å²) in [5.41, 5.74) is 7.68. The average molecular weight is 356 g/mol. The summed E-state index contributed by atoms with van der Waals surface area (Å²) in [5.74, 6) is 6.57. The summed E-state index contributed by atoms with van der Waals surface area (Å²) >= 11 is 0. The van der Waals surface area contributed by atoms with Gasteiger partial charge in [0.25, 0.3) is 0 Å². The van der Waals surface area contributed by atoms with Crippen LogP contribution in [0.2, 0.25) is 0 Å². The topological polar surface area (TPSA) is 52.3 Å². The first-order valence-electron chi connectivity index (χ1n) is 10.0. The molecule has 3 heteroatoms. The lowest BCUT2D eigenvalue weighted by Crippen LogP contribution is -2.46. The Balaban J connectivity index is 1.79. The second-order valence-electron chi connectivity index (χ2n) is 7.53.